The first-order valence-corrected chi connectivity index (χ1v) is 27.9. The summed E-state index contributed by atoms with van der Waals surface area (Å²) in [6, 6.07) is 63.2. The van der Waals surface area contributed by atoms with Crippen molar-refractivity contribution in [3.05, 3.63) is 193 Å². The van der Waals surface area contributed by atoms with Crippen LogP contribution in [0.4, 0.5) is 0 Å². The molecule has 0 saturated heterocycles. The number of rotatable bonds is 8. The molecule has 11 rings (SSSR count). The van der Waals surface area contributed by atoms with Crippen LogP contribution in [0.25, 0.3) is 92.2 Å². The molecule has 3 nitrogen and oxygen atoms in total. The van der Waals surface area contributed by atoms with Gasteiger partial charge in [0.05, 0.1) is 24.9 Å². The summed E-state index contributed by atoms with van der Waals surface area (Å²) in [6.45, 7) is 20.0. The van der Waals surface area contributed by atoms with Crippen molar-refractivity contribution in [1.29, 1.82) is 0 Å². The molecule has 0 aliphatic carbocycles. The molecule has 0 unspecified atom stereocenters. The first-order chi connectivity index (χ1) is 32.7. The van der Waals surface area contributed by atoms with Crippen molar-refractivity contribution >= 4 is 77.3 Å². The number of pyridine rings is 1. The van der Waals surface area contributed by atoms with Gasteiger partial charge in [-0.2, -0.15) is 11.3 Å². The normalized spacial score (nSPS) is 12.2. The fourth-order valence-electron chi connectivity index (χ4n) is 9.61. The molecule has 0 amide bonds. The third kappa shape index (κ3) is 8.80. The summed E-state index contributed by atoms with van der Waals surface area (Å²) in [6.07, 6.45) is 1.98. The van der Waals surface area contributed by atoms with Gasteiger partial charge < -0.3 is 9.55 Å². The van der Waals surface area contributed by atoms with E-state index in [1.807, 2.05) is 55.6 Å². The van der Waals surface area contributed by atoms with Gasteiger partial charge >= 0.3 is 0 Å². The number of hydrogen-bond donors (Lipinski definition) is 0. The van der Waals surface area contributed by atoms with E-state index in [4.69, 9.17) is 6.35 Å². The van der Waals surface area contributed by atoms with Gasteiger partial charge in [-0.15, -0.1) is 54.1 Å². The van der Waals surface area contributed by atoms with Crippen molar-refractivity contribution in [1.82, 2.24) is 14.5 Å². The molecule has 8 aromatic carbocycles. The van der Waals surface area contributed by atoms with Crippen LogP contribution < -0.4 is 5.19 Å². The van der Waals surface area contributed by atoms with Crippen molar-refractivity contribution in [2.75, 3.05) is 0 Å². The first-order valence-electron chi connectivity index (χ1n) is 24.0. The van der Waals surface area contributed by atoms with Crippen LogP contribution in [0, 0.1) is 12.1 Å². The van der Waals surface area contributed by atoms with Gasteiger partial charge in [0.1, 0.15) is 0 Å². The molecular formula is C62H57IrN3SSi-2. The summed E-state index contributed by atoms with van der Waals surface area (Å²) in [4.78, 5) is 10.0. The van der Waals surface area contributed by atoms with E-state index in [-0.39, 0.29) is 20.1 Å². The van der Waals surface area contributed by atoms with E-state index in [0.29, 0.717) is 11.8 Å². The van der Waals surface area contributed by atoms with Crippen LogP contribution in [0.1, 0.15) is 77.3 Å². The van der Waals surface area contributed by atoms with Crippen LogP contribution in [0.3, 0.4) is 0 Å². The Morgan fingerprint density at radius 1 is 0.603 bits per heavy atom. The number of thiophene rings is 1. The average molecular weight is 1100 g/mol. The number of benzene rings is 8. The zero-order valence-electron chi connectivity index (χ0n) is 41.3. The summed E-state index contributed by atoms with van der Waals surface area (Å²) < 4.78 is 13.4. The Kier molecular flexibility index (Phi) is 12.9. The number of fused-ring (bicyclic) bond motifs is 7. The zero-order chi connectivity index (χ0) is 47.5. The molecule has 0 aliphatic rings. The van der Waals surface area contributed by atoms with E-state index in [1.165, 1.54) is 74.8 Å². The minimum Gasteiger partial charge on any atom is -0.333 e. The molecule has 3 heterocycles. The smallest absolute Gasteiger partial charge is 0.0799 e. The Labute approximate surface area is 421 Å². The average Bonchev–Trinajstić information content (AvgIpc) is 3.91. The third-order valence-corrected chi connectivity index (χ3v) is 16.3. The summed E-state index contributed by atoms with van der Waals surface area (Å²) in [5.41, 5.74) is 12.5. The van der Waals surface area contributed by atoms with Crippen LogP contribution >= 0.6 is 11.3 Å². The fraction of sp³-hybridized carbons (Fsp3) is 0.194. The van der Waals surface area contributed by atoms with Crippen LogP contribution in [0.2, 0.25) is 19.6 Å². The minimum atomic E-state index is -1.50. The predicted octanol–water partition coefficient (Wildman–Crippen LogP) is 17.3. The Hall–Kier alpha value is -6.01. The van der Waals surface area contributed by atoms with Crippen molar-refractivity contribution in [2.45, 2.75) is 78.9 Å². The van der Waals surface area contributed by atoms with Gasteiger partial charge in [0.15, 0.2) is 0 Å². The third-order valence-electron chi connectivity index (χ3n) is 13.1. The van der Waals surface area contributed by atoms with E-state index >= 15 is 0 Å². The summed E-state index contributed by atoms with van der Waals surface area (Å²) in [5, 5.41) is 8.95. The van der Waals surface area contributed by atoms with Crippen LogP contribution in [-0.2, 0) is 20.1 Å². The number of hydrogen-bond acceptors (Lipinski definition) is 3. The standard InChI is InChI=1S/C45H35N2S.C17H22NSi.Ir/c1-27(2)36-24-32(29-13-6-5-7-14-29)25-37(28(3)4)43(36)47-41-20-11-10-19-40(41)46-45(47)35-18-12-17-34-39-23-31-22-21-30-15-8-9-16-33(30)38(31)26-42(39)48-44(34)35;1-13(2)15-11-16(14-9-7-6-8-10-14)18-12-17(15)19(3,4)5;/h5-17,19-28H,1-4H3;6-9,11-13H,1-5H3;/q2*-1;/i;13D;. The molecule has 0 spiro atoms. The van der Waals surface area contributed by atoms with Gasteiger partial charge in [0.25, 0.3) is 0 Å². The minimum absolute atomic E-state index is 0. The second kappa shape index (κ2) is 19.2. The van der Waals surface area contributed by atoms with Crippen LogP contribution in [-0.4, -0.2) is 22.6 Å². The number of para-hydroxylation sites is 2. The Balaban J connectivity index is 0.000000238. The SMILES string of the molecule is CC(C)c1cc(-c2ccccc2)cc(C(C)C)c1-n1c(-c2[c-]ccc3c2sc2cc4c(ccc5ccccc54)cc23)nc2ccccc21.[2H]C(C)(C)c1cc(-c2[c-]cccc2)ncc1[Si](C)(C)C.[Ir]. The van der Waals surface area contributed by atoms with Crippen LogP contribution in [0.15, 0.2) is 164 Å². The molecule has 6 heteroatoms. The molecule has 3 aromatic heterocycles. The molecule has 341 valence electrons. The van der Waals surface area contributed by atoms with Gasteiger partial charge in [-0.3, -0.25) is 4.98 Å². The van der Waals surface area contributed by atoms with E-state index < -0.39 is 14.0 Å². The fourth-order valence-corrected chi connectivity index (χ4v) is 12.4. The van der Waals surface area contributed by atoms with Gasteiger partial charge in [-0.25, -0.2) is 0 Å². The molecule has 0 N–H and O–H groups in total. The van der Waals surface area contributed by atoms with Crippen molar-refractivity contribution < 1.29 is 21.5 Å². The summed E-state index contributed by atoms with van der Waals surface area (Å²) >= 11 is 1.86. The van der Waals surface area contributed by atoms with E-state index in [9.17, 15) is 0 Å². The molecule has 0 bridgehead atoms. The Morgan fingerprint density at radius 2 is 1.29 bits per heavy atom. The van der Waals surface area contributed by atoms with E-state index in [1.54, 1.807) is 0 Å². The molecule has 11 aromatic rings. The van der Waals surface area contributed by atoms with Gasteiger partial charge in [-0.05, 0) is 119 Å². The second-order valence-electron chi connectivity index (χ2n) is 19.6. The summed E-state index contributed by atoms with van der Waals surface area (Å²) in [5.74, 6) is 0.949. The van der Waals surface area contributed by atoms with E-state index in [2.05, 4.69) is 202 Å². The number of aromatic nitrogens is 3. The maximum absolute atomic E-state index is 8.44. The van der Waals surface area contributed by atoms with Gasteiger partial charge in [0, 0.05) is 38.1 Å². The molecule has 1 radical (unpaired) electrons. The molecule has 0 aliphatic heterocycles. The Morgan fingerprint density at radius 3 is 2.00 bits per heavy atom. The van der Waals surface area contributed by atoms with Gasteiger partial charge in [0.2, 0.25) is 0 Å². The number of nitrogens with zero attached hydrogens (tertiary/aromatic N) is 3. The largest absolute Gasteiger partial charge is 0.333 e. The predicted molar refractivity (Wildman–Crippen MR) is 292 cm³/mol. The quantitative estimate of drug-likeness (QED) is 0.0862. The van der Waals surface area contributed by atoms with Crippen molar-refractivity contribution in [2.24, 2.45) is 0 Å². The first kappa shape index (κ1) is 45.8. The molecular weight excluding hydrogens is 1040 g/mol. The monoisotopic (exact) mass is 1100 g/mol. The molecule has 0 atom stereocenters. The van der Waals surface area contributed by atoms with Crippen molar-refractivity contribution in [3.63, 3.8) is 0 Å². The van der Waals surface area contributed by atoms with E-state index in [0.717, 1.165) is 39.2 Å². The Bertz CT molecular complexity index is 3630. The number of imidazole rings is 1. The topological polar surface area (TPSA) is 30.7 Å². The maximum Gasteiger partial charge on any atom is 0.0799 e. The van der Waals surface area contributed by atoms with Gasteiger partial charge in [-0.1, -0.05) is 163 Å². The molecule has 0 saturated carbocycles. The van der Waals surface area contributed by atoms with Crippen molar-refractivity contribution in [3.8, 4) is 39.5 Å². The summed E-state index contributed by atoms with van der Waals surface area (Å²) in [7, 11) is -1.50. The molecule has 68 heavy (non-hydrogen) atoms. The van der Waals surface area contributed by atoms with Crippen LogP contribution in [0.5, 0.6) is 0 Å². The second-order valence-corrected chi connectivity index (χ2v) is 25.7. The zero-order valence-corrected chi connectivity index (χ0v) is 44.5. The molecule has 0 fully saturated rings. The maximum atomic E-state index is 8.44.